The van der Waals surface area contributed by atoms with Gasteiger partial charge in [-0.15, -0.1) is 0 Å². The van der Waals surface area contributed by atoms with E-state index in [0.717, 1.165) is 12.1 Å². The third kappa shape index (κ3) is 6.84. The summed E-state index contributed by atoms with van der Waals surface area (Å²) >= 11 is 0. The standard InChI is InChI=1S/C15H20F4N4O/c1-3-20-14(22-7-6-21-10(2)24)23-9-11-4-5-12(16)8-13(11)15(17,18)19/h4-5,8H,3,6-7,9H2,1-2H3,(H,21,24)(H2,20,22,23). The molecule has 0 fully saturated rings. The van der Waals surface area contributed by atoms with Gasteiger partial charge < -0.3 is 16.0 Å². The highest BCUT2D eigenvalue weighted by molar-refractivity contribution is 5.79. The van der Waals surface area contributed by atoms with Crippen LogP contribution in [0.1, 0.15) is 25.0 Å². The molecule has 1 rings (SSSR count). The molecule has 0 saturated carbocycles. The first-order valence-electron chi connectivity index (χ1n) is 7.36. The lowest BCUT2D eigenvalue weighted by molar-refractivity contribution is -0.138. The normalized spacial score (nSPS) is 12.0. The first kappa shape index (κ1) is 19.7. The van der Waals surface area contributed by atoms with Gasteiger partial charge in [-0.3, -0.25) is 4.79 Å². The van der Waals surface area contributed by atoms with Gasteiger partial charge in [-0.2, -0.15) is 13.2 Å². The molecule has 0 radical (unpaired) electrons. The highest BCUT2D eigenvalue weighted by Gasteiger charge is 2.33. The van der Waals surface area contributed by atoms with E-state index in [4.69, 9.17) is 0 Å². The van der Waals surface area contributed by atoms with E-state index in [1.165, 1.54) is 6.92 Å². The summed E-state index contributed by atoms with van der Waals surface area (Å²) < 4.78 is 51.9. The second-order valence-corrected chi connectivity index (χ2v) is 4.90. The zero-order valence-corrected chi connectivity index (χ0v) is 13.4. The van der Waals surface area contributed by atoms with Crippen molar-refractivity contribution < 1.29 is 22.4 Å². The third-order valence-corrected chi connectivity index (χ3v) is 2.92. The number of nitrogens with zero attached hydrogens (tertiary/aromatic N) is 1. The van der Waals surface area contributed by atoms with Crippen molar-refractivity contribution >= 4 is 11.9 Å². The van der Waals surface area contributed by atoms with Crippen molar-refractivity contribution in [2.24, 2.45) is 4.99 Å². The van der Waals surface area contributed by atoms with E-state index in [1.54, 1.807) is 0 Å². The molecular weight excluding hydrogens is 328 g/mol. The Morgan fingerprint density at radius 1 is 1.17 bits per heavy atom. The first-order valence-corrected chi connectivity index (χ1v) is 7.36. The van der Waals surface area contributed by atoms with Crippen LogP contribution in [0.25, 0.3) is 0 Å². The molecule has 1 amide bonds. The number of nitrogens with one attached hydrogen (secondary N) is 3. The van der Waals surface area contributed by atoms with Gasteiger partial charge >= 0.3 is 6.18 Å². The summed E-state index contributed by atoms with van der Waals surface area (Å²) in [4.78, 5) is 14.8. The van der Waals surface area contributed by atoms with Crippen LogP contribution in [0.4, 0.5) is 17.6 Å². The Bertz CT molecular complexity index is 587. The van der Waals surface area contributed by atoms with Gasteiger partial charge in [-0.1, -0.05) is 6.07 Å². The van der Waals surface area contributed by atoms with Crippen molar-refractivity contribution in [3.05, 3.63) is 35.1 Å². The number of halogens is 4. The summed E-state index contributed by atoms with van der Waals surface area (Å²) in [5, 5.41) is 8.34. The van der Waals surface area contributed by atoms with Crippen LogP contribution < -0.4 is 16.0 Å². The SMILES string of the molecule is CCNC(=NCc1ccc(F)cc1C(F)(F)F)NCCNC(C)=O. The van der Waals surface area contributed by atoms with Crippen LogP contribution in [0.2, 0.25) is 0 Å². The molecule has 0 spiro atoms. The summed E-state index contributed by atoms with van der Waals surface area (Å²) in [6, 6.07) is 2.50. The molecule has 0 aliphatic heterocycles. The van der Waals surface area contributed by atoms with E-state index in [9.17, 15) is 22.4 Å². The molecule has 24 heavy (non-hydrogen) atoms. The fraction of sp³-hybridized carbons (Fsp3) is 0.467. The van der Waals surface area contributed by atoms with Crippen LogP contribution >= 0.6 is 0 Å². The summed E-state index contributed by atoms with van der Waals surface area (Å²) in [5.74, 6) is -0.824. The average molecular weight is 348 g/mol. The molecule has 0 unspecified atom stereocenters. The van der Waals surface area contributed by atoms with Crippen molar-refractivity contribution in [1.29, 1.82) is 0 Å². The van der Waals surface area contributed by atoms with Gasteiger partial charge in [0.05, 0.1) is 12.1 Å². The number of carbonyl (C=O) groups is 1. The molecule has 0 heterocycles. The van der Waals surface area contributed by atoms with Crippen molar-refractivity contribution in [2.45, 2.75) is 26.6 Å². The van der Waals surface area contributed by atoms with E-state index < -0.39 is 17.6 Å². The van der Waals surface area contributed by atoms with Gasteiger partial charge in [0.1, 0.15) is 5.82 Å². The molecule has 134 valence electrons. The number of aliphatic imine (C=N–C) groups is 1. The minimum absolute atomic E-state index is 0.122. The van der Waals surface area contributed by atoms with Crippen LogP contribution in [0.3, 0.4) is 0 Å². The number of rotatable bonds is 6. The Hall–Kier alpha value is -2.32. The summed E-state index contributed by atoms with van der Waals surface area (Å²) in [6.07, 6.45) is -4.65. The van der Waals surface area contributed by atoms with Crippen molar-refractivity contribution in [1.82, 2.24) is 16.0 Å². The molecular formula is C15H20F4N4O. The predicted molar refractivity (Wildman–Crippen MR) is 82.9 cm³/mol. The van der Waals surface area contributed by atoms with Gasteiger partial charge in [0.25, 0.3) is 0 Å². The lowest BCUT2D eigenvalue weighted by Crippen LogP contribution is -2.41. The van der Waals surface area contributed by atoms with Crippen molar-refractivity contribution in [3.63, 3.8) is 0 Å². The van der Waals surface area contributed by atoms with Crippen LogP contribution in [0.5, 0.6) is 0 Å². The topological polar surface area (TPSA) is 65.5 Å². The summed E-state index contributed by atoms with van der Waals surface area (Å²) in [6.45, 7) is 4.16. The maximum absolute atomic E-state index is 13.1. The lowest BCUT2D eigenvalue weighted by atomic mass is 10.1. The molecule has 0 saturated heterocycles. The fourth-order valence-corrected chi connectivity index (χ4v) is 1.88. The Morgan fingerprint density at radius 2 is 1.83 bits per heavy atom. The Morgan fingerprint density at radius 3 is 2.42 bits per heavy atom. The molecule has 1 aromatic carbocycles. The molecule has 0 bridgehead atoms. The first-order chi connectivity index (χ1) is 11.2. The largest absolute Gasteiger partial charge is 0.416 e. The monoisotopic (exact) mass is 348 g/mol. The van der Waals surface area contributed by atoms with Gasteiger partial charge in [0, 0.05) is 26.6 Å². The van der Waals surface area contributed by atoms with E-state index in [2.05, 4.69) is 20.9 Å². The van der Waals surface area contributed by atoms with Crippen LogP contribution in [-0.4, -0.2) is 31.5 Å². The molecule has 0 aliphatic carbocycles. The Kier molecular flexibility index (Phi) is 7.47. The van der Waals surface area contributed by atoms with Gasteiger partial charge in [0.2, 0.25) is 5.91 Å². The molecule has 0 aromatic heterocycles. The zero-order chi connectivity index (χ0) is 18.2. The van der Waals surface area contributed by atoms with Gasteiger partial charge in [-0.25, -0.2) is 9.38 Å². The van der Waals surface area contributed by atoms with Crippen LogP contribution in [-0.2, 0) is 17.5 Å². The maximum atomic E-state index is 13.1. The quantitative estimate of drug-likeness (QED) is 0.319. The summed E-state index contributed by atoms with van der Waals surface area (Å²) in [7, 11) is 0. The number of hydrogen-bond acceptors (Lipinski definition) is 2. The molecule has 5 nitrogen and oxygen atoms in total. The van der Waals surface area contributed by atoms with E-state index in [0.29, 0.717) is 31.7 Å². The lowest BCUT2D eigenvalue weighted by Gasteiger charge is -2.14. The van der Waals surface area contributed by atoms with E-state index in [-0.39, 0.29) is 18.0 Å². The smallest absolute Gasteiger partial charge is 0.357 e. The Labute approximate surface area is 137 Å². The van der Waals surface area contributed by atoms with Crippen molar-refractivity contribution in [2.75, 3.05) is 19.6 Å². The second-order valence-electron chi connectivity index (χ2n) is 4.90. The molecule has 9 heteroatoms. The highest BCUT2D eigenvalue weighted by Crippen LogP contribution is 2.32. The predicted octanol–water partition coefficient (Wildman–Crippen LogP) is 2.04. The highest BCUT2D eigenvalue weighted by atomic mass is 19.4. The van der Waals surface area contributed by atoms with Crippen LogP contribution in [0.15, 0.2) is 23.2 Å². The number of carbonyl (C=O) groups excluding carboxylic acids is 1. The van der Waals surface area contributed by atoms with Gasteiger partial charge in [-0.05, 0) is 24.6 Å². The molecule has 0 atom stereocenters. The number of hydrogen-bond donors (Lipinski definition) is 3. The minimum Gasteiger partial charge on any atom is -0.357 e. The summed E-state index contributed by atoms with van der Waals surface area (Å²) in [5.41, 5.74) is -1.16. The number of amides is 1. The number of benzene rings is 1. The fourth-order valence-electron chi connectivity index (χ4n) is 1.88. The number of guanidine groups is 1. The van der Waals surface area contributed by atoms with Gasteiger partial charge in [0.15, 0.2) is 5.96 Å². The number of alkyl halides is 3. The molecule has 1 aromatic rings. The maximum Gasteiger partial charge on any atom is 0.416 e. The van der Waals surface area contributed by atoms with Crippen LogP contribution in [0, 0.1) is 5.82 Å². The second kappa shape index (κ2) is 9.09. The minimum atomic E-state index is -4.65. The van der Waals surface area contributed by atoms with E-state index in [1.807, 2.05) is 6.92 Å². The third-order valence-electron chi connectivity index (χ3n) is 2.92. The average Bonchev–Trinajstić information content (AvgIpc) is 2.48. The zero-order valence-electron chi connectivity index (χ0n) is 13.4. The Balaban J connectivity index is 2.80. The molecule has 3 N–H and O–H groups in total. The van der Waals surface area contributed by atoms with E-state index >= 15 is 0 Å². The van der Waals surface area contributed by atoms with Crippen molar-refractivity contribution in [3.8, 4) is 0 Å². The molecule has 0 aliphatic rings.